The Balaban J connectivity index is 1.25. The predicted octanol–water partition coefficient (Wildman–Crippen LogP) is 3.92. The van der Waals surface area contributed by atoms with Gasteiger partial charge in [0.15, 0.2) is 0 Å². The molecule has 3 aromatic carbocycles. The van der Waals surface area contributed by atoms with Crippen LogP contribution in [-0.4, -0.2) is 29.3 Å². The zero-order chi connectivity index (χ0) is 23.0. The van der Waals surface area contributed by atoms with Gasteiger partial charge in [-0.2, -0.15) is 0 Å². The first-order chi connectivity index (χ1) is 16.0. The summed E-state index contributed by atoms with van der Waals surface area (Å²) in [7, 11) is 0. The van der Waals surface area contributed by atoms with Gasteiger partial charge in [-0.25, -0.2) is 4.79 Å². The van der Waals surface area contributed by atoms with E-state index in [0.717, 1.165) is 39.1 Å². The Bertz CT molecular complexity index is 1220. The molecule has 0 unspecified atom stereocenters. The van der Waals surface area contributed by atoms with E-state index in [1.165, 1.54) is 0 Å². The summed E-state index contributed by atoms with van der Waals surface area (Å²) in [5.74, 6) is -0.728. The Labute approximate surface area is 192 Å². The first-order valence-electron chi connectivity index (χ1n) is 11.2. The number of rotatable bonds is 5. The molecule has 6 heteroatoms. The molecule has 0 radical (unpaired) electrons. The zero-order valence-electron chi connectivity index (χ0n) is 18.4. The molecular weight excluding hydrogens is 414 g/mol. The number of fused-ring (bicyclic) bond motifs is 2. The monoisotopic (exact) mass is 439 g/mol. The standard InChI is InChI=1S/C27H25N3O3/c1-18(19-11-13-21(14-12-19)20-7-3-2-4-8-20)28-24(31)17-30-25(32)27(29-26(30)33)16-15-22-9-5-6-10-23(22)27/h2-14,18H,15-17H2,1H3,(H,28,31)(H,29,33)/t18-,27-/m0/s1. The third-order valence-electron chi connectivity index (χ3n) is 6.62. The van der Waals surface area contributed by atoms with Crippen LogP contribution in [0.4, 0.5) is 4.79 Å². The molecule has 1 aliphatic heterocycles. The van der Waals surface area contributed by atoms with Gasteiger partial charge in [0.05, 0.1) is 6.04 Å². The lowest BCUT2D eigenvalue weighted by Gasteiger charge is -2.22. The number of benzene rings is 3. The van der Waals surface area contributed by atoms with E-state index in [2.05, 4.69) is 10.6 Å². The second-order valence-corrected chi connectivity index (χ2v) is 8.66. The number of carbonyl (C=O) groups excluding carboxylic acids is 3. The van der Waals surface area contributed by atoms with Gasteiger partial charge < -0.3 is 10.6 Å². The van der Waals surface area contributed by atoms with E-state index in [9.17, 15) is 14.4 Å². The van der Waals surface area contributed by atoms with Crippen LogP contribution in [0, 0.1) is 0 Å². The van der Waals surface area contributed by atoms with Gasteiger partial charge in [0.25, 0.3) is 5.91 Å². The summed E-state index contributed by atoms with van der Waals surface area (Å²) >= 11 is 0. The SMILES string of the molecule is C[C@H](NC(=O)CN1C(=O)N[C@]2(CCc3ccccc32)C1=O)c1ccc(-c2ccccc2)cc1. The molecule has 3 aromatic rings. The fraction of sp³-hybridized carbons (Fsp3) is 0.222. The van der Waals surface area contributed by atoms with Crippen LogP contribution in [0.1, 0.15) is 36.1 Å². The van der Waals surface area contributed by atoms with Crippen molar-refractivity contribution in [2.45, 2.75) is 31.3 Å². The average Bonchev–Trinajstić information content (AvgIpc) is 3.32. The largest absolute Gasteiger partial charge is 0.348 e. The van der Waals surface area contributed by atoms with Crippen LogP contribution < -0.4 is 10.6 Å². The van der Waals surface area contributed by atoms with Crippen molar-refractivity contribution >= 4 is 17.8 Å². The fourth-order valence-corrected chi connectivity index (χ4v) is 4.84. The van der Waals surface area contributed by atoms with Crippen molar-refractivity contribution in [2.24, 2.45) is 0 Å². The van der Waals surface area contributed by atoms with Crippen molar-refractivity contribution in [3.63, 3.8) is 0 Å². The molecule has 0 saturated carbocycles. The highest BCUT2D eigenvalue weighted by Gasteiger charge is 2.55. The van der Waals surface area contributed by atoms with Crippen molar-refractivity contribution in [2.75, 3.05) is 6.54 Å². The van der Waals surface area contributed by atoms with Gasteiger partial charge in [0, 0.05) is 0 Å². The minimum atomic E-state index is -1.05. The van der Waals surface area contributed by atoms with E-state index in [1.807, 2.05) is 85.8 Å². The predicted molar refractivity (Wildman–Crippen MR) is 125 cm³/mol. The lowest BCUT2D eigenvalue weighted by Crippen LogP contribution is -2.44. The average molecular weight is 440 g/mol. The number of hydrogen-bond acceptors (Lipinski definition) is 3. The quantitative estimate of drug-likeness (QED) is 0.592. The summed E-state index contributed by atoms with van der Waals surface area (Å²) in [6.45, 7) is 1.58. The number of nitrogens with zero attached hydrogens (tertiary/aromatic N) is 1. The molecular formula is C27H25N3O3. The molecule has 4 amide bonds. The van der Waals surface area contributed by atoms with Gasteiger partial charge in [-0.15, -0.1) is 0 Å². The fourth-order valence-electron chi connectivity index (χ4n) is 4.84. The van der Waals surface area contributed by atoms with E-state index in [0.29, 0.717) is 6.42 Å². The zero-order valence-corrected chi connectivity index (χ0v) is 18.4. The number of hydrogen-bond donors (Lipinski definition) is 2. The van der Waals surface area contributed by atoms with Crippen LogP contribution >= 0.6 is 0 Å². The summed E-state index contributed by atoms with van der Waals surface area (Å²) in [5.41, 5.74) is 4.01. The molecule has 1 spiro atoms. The van der Waals surface area contributed by atoms with E-state index in [4.69, 9.17) is 0 Å². The smallest absolute Gasteiger partial charge is 0.325 e. The van der Waals surface area contributed by atoms with Gasteiger partial charge >= 0.3 is 6.03 Å². The summed E-state index contributed by atoms with van der Waals surface area (Å²) in [5, 5.41) is 5.76. The molecule has 1 fully saturated rings. The maximum Gasteiger partial charge on any atom is 0.325 e. The minimum Gasteiger partial charge on any atom is -0.348 e. The van der Waals surface area contributed by atoms with E-state index in [1.54, 1.807) is 0 Å². The second kappa shape index (κ2) is 8.20. The molecule has 1 saturated heterocycles. The van der Waals surface area contributed by atoms with Crippen molar-refractivity contribution in [1.29, 1.82) is 0 Å². The van der Waals surface area contributed by atoms with Crippen LogP contribution in [0.5, 0.6) is 0 Å². The molecule has 0 aromatic heterocycles. The number of amides is 4. The lowest BCUT2D eigenvalue weighted by molar-refractivity contribution is -0.135. The second-order valence-electron chi connectivity index (χ2n) is 8.66. The van der Waals surface area contributed by atoms with E-state index < -0.39 is 11.6 Å². The number of aryl methyl sites for hydroxylation is 1. The van der Waals surface area contributed by atoms with Crippen LogP contribution in [0.15, 0.2) is 78.9 Å². The maximum atomic E-state index is 13.2. The first kappa shape index (κ1) is 20.9. The molecule has 2 N–H and O–H groups in total. The molecule has 0 bridgehead atoms. The highest BCUT2D eigenvalue weighted by atomic mass is 16.2. The molecule has 166 valence electrons. The Kier molecular flexibility index (Phi) is 5.21. The normalized spacial score (nSPS) is 20.0. The van der Waals surface area contributed by atoms with Gasteiger partial charge in [0.1, 0.15) is 12.1 Å². The molecule has 1 aliphatic carbocycles. The van der Waals surface area contributed by atoms with Crippen molar-refractivity contribution in [3.8, 4) is 11.1 Å². The third kappa shape index (κ3) is 3.67. The van der Waals surface area contributed by atoms with Crippen LogP contribution in [0.2, 0.25) is 0 Å². The van der Waals surface area contributed by atoms with E-state index in [-0.39, 0.29) is 24.4 Å². The minimum absolute atomic E-state index is 0.260. The summed E-state index contributed by atoms with van der Waals surface area (Å²) in [6.07, 6.45) is 1.23. The third-order valence-corrected chi connectivity index (χ3v) is 6.62. The maximum absolute atomic E-state index is 13.2. The number of imide groups is 1. The Morgan fingerprint density at radius 3 is 2.39 bits per heavy atom. The number of nitrogens with one attached hydrogen (secondary N) is 2. The van der Waals surface area contributed by atoms with Crippen molar-refractivity contribution < 1.29 is 14.4 Å². The molecule has 5 rings (SSSR count). The molecule has 33 heavy (non-hydrogen) atoms. The van der Waals surface area contributed by atoms with Gasteiger partial charge in [-0.3, -0.25) is 14.5 Å². The molecule has 2 atom stereocenters. The Morgan fingerprint density at radius 1 is 0.970 bits per heavy atom. The summed E-state index contributed by atoms with van der Waals surface area (Å²) in [4.78, 5) is 39.6. The number of urea groups is 1. The van der Waals surface area contributed by atoms with Crippen LogP contribution in [-0.2, 0) is 21.5 Å². The number of carbonyl (C=O) groups is 3. The van der Waals surface area contributed by atoms with Crippen molar-refractivity contribution in [1.82, 2.24) is 15.5 Å². The van der Waals surface area contributed by atoms with E-state index >= 15 is 0 Å². The topological polar surface area (TPSA) is 78.5 Å². The van der Waals surface area contributed by atoms with Gasteiger partial charge in [-0.1, -0.05) is 78.9 Å². The summed E-state index contributed by atoms with van der Waals surface area (Å²) < 4.78 is 0. The van der Waals surface area contributed by atoms with Crippen LogP contribution in [0.25, 0.3) is 11.1 Å². The van der Waals surface area contributed by atoms with Crippen molar-refractivity contribution in [3.05, 3.63) is 95.6 Å². The Morgan fingerprint density at radius 2 is 1.64 bits per heavy atom. The van der Waals surface area contributed by atoms with Gasteiger partial charge in [0.2, 0.25) is 5.91 Å². The van der Waals surface area contributed by atoms with Crippen LogP contribution in [0.3, 0.4) is 0 Å². The highest BCUT2D eigenvalue weighted by molar-refractivity contribution is 6.09. The molecule has 6 nitrogen and oxygen atoms in total. The Hall–Kier alpha value is -3.93. The van der Waals surface area contributed by atoms with Gasteiger partial charge in [-0.05, 0) is 47.6 Å². The first-order valence-corrected chi connectivity index (χ1v) is 11.2. The highest BCUT2D eigenvalue weighted by Crippen LogP contribution is 2.41. The summed E-state index contributed by atoms with van der Waals surface area (Å²) in [6, 6.07) is 24.9. The lowest BCUT2D eigenvalue weighted by atomic mass is 9.92. The molecule has 1 heterocycles. The molecule has 2 aliphatic rings.